The Bertz CT molecular complexity index is 636. The Morgan fingerprint density at radius 2 is 1.76 bits per heavy atom. The molecule has 0 aliphatic heterocycles. The summed E-state index contributed by atoms with van der Waals surface area (Å²) in [6.07, 6.45) is 0. The summed E-state index contributed by atoms with van der Waals surface area (Å²) in [5.74, 6) is -1.28. The fourth-order valence-corrected chi connectivity index (χ4v) is 2.33. The second-order valence-electron chi connectivity index (χ2n) is 4.83. The van der Waals surface area contributed by atoms with Crippen molar-refractivity contribution >= 4 is 11.4 Å². The van der Waals surface area contributed by atoms with E-state index in [0.29, 0.717) is 17.8 Å². The van der Waals surface area contributed by atoms with E-state index in [9.17, 15) is 13.9 Å². The highest BCUT2D eigenvalue weighted by atomic mass is 19.1. The molecule has 0 aromatic heterocycles. The van der Waals surface area contributed by atoms with Crippen molar-refractivity contribution in [2.24, 2.45) is 5.73 Å². The number of aryl methyl sites for hydroxylation is 1. The number of hydrogen-bond donors (Lipinski definition) is 2. The molecule has 0 bridgehead atoms. The van der Waals surface area contributed by atoms with Crippen molar-refractivity contribution < 1.29 is 13.9 Å². The molecule has 0 unspecified atom stereocenters. The highest BCUT2D eigenvalue weighted by Crippen LogP contribution is 2.34. The van der Waals surface area contributed by atoms with E-state index in [4.69, 9.17) is 5.73 Å². The van der Waals surface area contributed by atoms with E-state index in [2.05, 4.69) is 0 Å². The summed E-state index contributed by atoms with van der Waals surface area (Å²) in [4.78, 5) is 1.50. The van der Waals surface area contributed by atoms with Gasteiger partial charge in [0.2, 0.25) is 0 Å². The number of benzene rings is 2. The highest BCUT2D eigenvalue weighted by molar-refractivity contribution is 5.68. The number of anilines is 2. The third-order valence-corrected chi connectivity index (χ3v) is 3.38. The average Bonchev–Trinajstić information content (AvgIpc) is 2.45. The van der Waals surface area contributed by atoms with Crippen LogP contribution in [0.4, 0.5) is 20.2 Å². The van der Waals surface area contributed by atoms with Crippen molar-refractivity contribution in [3.63, 3.8) is 0 Å². The van der Waals surface area contributed by atoms with E-state index in [0.717, 1.165) is 5.56 Å². The molecular formula is C16H18F2N2O. The minimum Gasteiger partial charge on any atom is -0.508 e. The third-order valence-electron chi connectivity index (χ3n) is 3.38. The van der Waals surface area contributed by atoms with Crippen molar-refractivity contribution in [2.75, 3.05) is 11.4 Å². The third kappa shape index (κ3) is 2.97. The molecule has 0 aliphatic rings. The van der Waals surface area contributed by atoms with E-state index in [-0.39, 0.29) is 18.0 Å². The van der Waals surface area contributed by atoms with Crippen LogP contribution in [-0.4, -0.2) is 11.7 Å². The van der Waals surface area contributed by atoms with Crippen LogP contribution in [0.15, 0.2) is 30.3 Å². The lowest BCUT2D eigenvalue weighted by Gasteiger charge is -2.26. The predicted molar refractivity (Wildman–Crippen MR) is 79.8 cm³/mol. The molecule has 0 saturated heterocycles. The molecule has 21 heavy (non-hydrogen) atoms. The van der Waals surface area contributed by atoms with Gasteiger partial charge in [-0.1, -0.05) is 6.07 Å². The number of rotatable bonds is 4. The van der Waals surface area contributed by atoms with Crippen LogP contribution in [0.1, 0.15) is 18.1 Å². The molecule has 5 heteroatoms. The molecule has 0 heterocycles. The lowest BCUT2D eigenvalue weighted by Crippen LogP contribution is -2.20. The largest absolute Gasteiger partial charge is 0.508 e. The molecular weight excluding hydrogens is 274 g/mol. The topological polar surface area (TPSA) is 49.5 Å². The van der Waals surface area contributed by atoms with Gasteiger partial charge < -0.3 is 15.7 Å². The van der Waals surface area contributed by atoms with Gasteiger partial charge in [-0.15, -0.1) is 0 Å². The van der Waals surface area contributed by atoms with Gasteiger partial charge >= 0.3 is 0 Å². The first-order chi connectivity index (χ1) is 9.97. The summed E-state index contributed by atoms with van der Waals surface area (Å²) >= 11 is 0. The second kappa shape index (κ2) is 6.10. The summed E-state index contributed by atoms with van der Waals surface area (Å²) in [7, 11) is 0. The minimum absolute atomic E-state index is 0.0495. The molecule has 0 aliphatic carbocycles. The van der Waals surface area contributed by atoms with Crippen LogP contribution in [0.5, 0.6) is 5.75 Å². The normalized spacial score (nSPS) is 10.7. The van der Waals surface area contributed by atoms with Gasteiger partial charge in [-0.25, -0.2) is 8.78 Å². The van der Waals surface area contributed by atoms with E-state index in [1.165, 1.54) is 29.2 Å². The number of phenolic OH excluding ortho intramolecular Hbond substituents is 1. The Labute approximate surface area is 122 Å². The van der Waals surface area contributed by atoms with E-state index < -0.39 is 11.6 Å². The maximum atomic E-state index is 14.3. The van der Waals surface area contributed by atoms with E-state index in [1.807, 2.05) is 6.92 Å². The predicted octanol–water partition coefficient (Wildman–Crippen LogP) is 3.60. The van der Waals surface area contributed by atoms with Gasteiger partial charge in [0.25, 0.3) is 0 Å². The number of halogens is 2. The zero-order valence-corrected chi connectivity index (χ0v) is 12.0. The molecule has 2 aromatic carbocycles. The van der Waals surface area contributed by atoms with Crippen LogP contribution in [0.2, 0.25) is 0 Å². The lowest BCUT2D eigenvalue weighted by molar-refractivity contribution is 0.475. The molecule has 2 aromatic rings. The van der Waals surface area contributed by atoms with E-state index in [1.54, 1.807) is 13.0 Å². The first-order valence-electron chi connectivity index (χ1n) is 6.73. The Morgan fingerprint density at radius 3 is 2.29 bits per heavy atom. The second-order valence-corrected chi connectivity index (χ2v) is 4.83. The Balaban J connectivity index is 2.59. The Morgan fingerprint density at radius 1 is 1.14 bits per heavy atom. The fraction of sp³-hybridized carbons (Fsp3) is 0.250. The van der Waals surface area contributed by atoms with Gasteiger partial charge in [0.15, 0.2) is 0 Å². The molecule has 0 amide bonds. The zero-order valence-electron chi connectivity index (χ0n) is 12.0. The van der Waals surface area contributed by atoms with Gasteiger partial charge in [-0.05, 0) is 43.2 Å². The van der Waals surface area contributed by atoms with Crippen molar-refractivity contribution in [2.45, 2.75) is 20.4 Å². The van der Waals surface area contributed by atoms with Crippen LogP contribution < -0.4 is 10.6 Å². The first kappa shape index (κ1) is 15.3. The molecule has 0 atom stereocenters. The minimum atomic E-state index is -0.667. The number of aromatic hydroxyl groups is 1. The highest BCUT2D eigenvalue weighted by Gasteiger charge is 2.20. The van der Waals surface area contributed by atoms with Crippen molar-refractivity contribution in [1.29, 1.82) is 0 Å². The van der Waals surface area contributed by atoms with Crippen molar-refractivity contribution in [3.05, 3.63) is 53.1 Å². The summed E-state index contributed by atoms with van der Waals surface area (Å²) in [5, 5.41) is 9.62. The van der Waals surface area contributed by atoms with Crippen LogP contribution in [0.3, 0.4) is 0 Å². The van der Waals surface area contributed by atoms with Gasteiger partial charge in [0.1, 0.15) is 23.1 Å². The van der Waals surface area contributed by atoms with E-state index >= 15 is 0 Å². The number of phenols is 1. The molecule has 112 valence electrons. The van der Waals surface area contributed by atoms with Gasteiger partial charge in [-0.3, -0.25) is 0 Å². The number of nitrogens with zero attached hydrogens (tertiary/aromatic N) is 1. The van der Waals surface area contributed by atoms with Crippen LogP contribution in [0.25, 0.3) is 0 Å². The monoisotopic (exact) mass is 292 g/mol. The Hall–Kier alpha value is -2.14. The number of nitrogens with two attached hydrogens (primary N) is 1. The zero-order chi connectivity index (χ0) is 15.6. The smallest absolute Gasteiger partial charge is 0.150 e. The SMILES string of the molecule is CCN(c1cc(O)ccc1C)c1c(F)cc(CN)cc1F. The molecule has 0 saturated carbocycles. The Kier molecular flexibility index (Phi) is 4.43. The summed E-state index contributed by atoms with van der Waals surface area (Å²) in [6, 6.07) is 7.21. The lowest BCUT2D eigenvalue weighted by atomic mass is 10.1. The first-order valence-corrected chi connectivity index (χ1v) is 6.73. The molecule has 3 nitrogen and oxygen atoms in total. The van der Waals surface area contributed by atoms with Crippen molar-refractivity contribution in [3.8, 4) is 5.75 Å². The van der Waals surface area contributed by atoms with Crippen LogP contribution >= 0.6 is 0 Å². The number of hydrogen-bond acceptors (Lipinski definition) is 3. The summed E-state index contributed by atoms with van der Waals surface area (Å²) in [6.45, 7) is 4.05. The molecule has 0 spiro atoms. The molecule has 2 rings (SSSR count). The molecule has 0 radical (unpaired) electrons. The standard InChI is InChI=1S/C16H18F2N2O/c1-3-20(15-8-12(21)5-4-10(15)2)16-13(17)6-11(9-19)7-14(16)18/h4-8,21H,3,9,19H2,1-2H3. The fourth-order valence-electron chi connectivity index (χ4n) is 2.33. The average molecular weight is 292 g/mol. The maximum absolute atomic E-state index is 14.3. The van der Waals surface area contributed by atoms with Gasteiger partial charge in [0, 0.05) is 24.8 Å². The van der Waals surface area contributed by atoms with Crippen molar-refractivity contribution in [1.82, 2.24) is 0 Å². The molecule has 0 fully saturated rings. The van der Waals surface area contributed by atoms with Crippen LogP contribution in [0, 0.1) is 18.6 Å². The van der Waals surface area contributed by atoms with Crippen LogP contribution in [-0.2, 0) is 6.54 Å². The quantitative estimate of drug-likeness (QED) is 0.905. The van der Waals surface area contributed by atoms with Gasteiger partial charge in [0.05, 0.1) is 0 Å². The summed E-state index contributed by atoms with van der Waals surface area (Å²) in [5.41, 5.74) is 7.07. The summed E-state index contributed by atoms with van der Waals surface area (Å²) < 4.78 is 28.5. The molecule has 3 N–H and O–H groups in total. The van der Waals surface area contributed by atoms with Gasteiger partial charge in [-0.2, -0.15) is 0 Å². The maximum Gasteiger partial charge on any atom is 0.150 e.